The van der Waals surface area contributed by atoms with Gasteiger partial charge in [-0.05, 0) is 38.8 Å². The zero-order chi connectivity index (χ0) is 15.8. The first-order valence-electron chi connectivity index (χ1n) is 6.66. The Balaban J connectivity index is 2.04. The largest absolute Gasteiger partial charge is 0.418 e. The van der Waals surface area contributed by atoms with Crippen LogP contribution in [0.2, 0.25) is 0 Å². The highest BCUT2D eigenvalue weighted by molar-refractivity contribution is 5.95. The van der Waals surface area contributed by atoms with Crippen molar-refractivity contribution in [3.8, 4) is 0 Å². The van der Waals surface area contributed by atoms with E-state index < -0.39 is 24.2 Å². The number of amides is 1. The highest BCUT2D eigenvalue weighted by Gasteiger charge is 2.49. The third kappa shape index (κ3) is 3.53. The van der Waals surface area contributed by atoms with Gasteiger partial charge >= 0.3 is 6.18 Å². The van der Waals surface area contributed by atoms with Crippen LogP contribution in [-0.4, -0.2) is 34.3 Å². The number of rotatable bonds is 4. The second-order valence-electron chi connectivity index (χ2n) is 5.60. The van der Waals surface area contributed by atoms with Gasteiger partial charge in [0.15, 0.2) is 5.60 Å². The van der Waals surface area contributed by atoms with Crippen molar-refractivity contribution < 1.29 is 23.1 Å². The van der Waals surface area contributed by atoms with Gasteiger partial charge in [-0.25, -0.2) is 0 Å². The fourth-order valence-electron chi connectivity index (χ4n) is 1.87. The molecule has 0 aromatic carbocycles. The number of nitrogens with one attached hydrogen (secondary N) is 1. The van der Waals surface area contributed by atoms with E-state index in [0.29, 0.717) is 18.5 Å². The average Bonchev–Trinajstić information content (AvgIpc) is 3.18. The number of carbonyl (C=O) groups excluding carboxylic acids is 1. The lowest BCUT2D eigenvalue weighted by Gasteiger charge is -2.26. The molecule has 1 aliphatic rings. The van der Waals surface area contributed by atoms with Crippen molar-refractivity contribution in [2.45, 2.75) is 44.4 Å². The summed E-state index contributed by atoms with van der Waals surface area (Å²) < 4.78 is 37.5. The van der Waals surface area contributed by atoms with Gasteiger partial charge in [-0.2, -0.15) is 13.2 Å². The van der Waals surface area contributed by atoms with Crippen molar-refractivity contribution in [1.82, 2.24) is 10.3 Å². The van der Waals surface area contributed by atoms with Crippen molar-refractivity contribution in [1.29, 1.82) is 0 Å². The van der Waals surface area contributed by atoms with Gasteiger partial charge in [-0.1, -0.05) is 0 Å². The number of aryl methyl sites for hydroxylation is 1. The Labute approximate surface area is 120 Å². The first-order chi connectivity index (χ1) is 9.62. The monoisotopic (exact) mass is 302 g/mol. The molecule has 0 unspecified atom stereocenters. The minimum Gasteiger partial charge on any atom is -0.379 e. The predicted octanol–water partition coefficient (Wildman–Crippen LogP) is 2.31. The van der Waals surface area contributed by atoms with Crippen LogP contribution < -0.4 is 5.32 Å². The number of hydrogen-bond acceptors (Lipinski definition) is 3. The maximum absolute atomic E-state index is 12.5. The Bertz CT molecular complexity index is 552. The van der Waals surface area contributed by atoms with Crippen LogP contribution in [0.1, 0.15) is 47.4 Å². The van der Waals surface area contributed by atoms with E-state index in [4.69, 9.17) is 0 Å². The van der Waals surface area contributed by atoms with Gasteiger partial charge in [0.05, 0.1) is 17.8 Å². The molecule has 0 aliphatic heterocycles. The van der Waals surface area contributed by atoms with Gasteiger partial charge < -0.3 is 10.4 Å². The van der Waals surface area contributed by atoms with Crippen molar-refractivity contribution in [3.05, 3.63) is 29.1 Å². The average molecular weight is 302 g/mol. The molecule has 1 amide bonds. The predicted molar refractivity (Wildman–Crippen MR) is 70.0 cm³/mol. The van der Waals surface area contributed by atoms with E-state index in [9.17, 15) is 23.1 Å². The topological polar surface area (TPSA) is 62.2 Å². The van der Waals surface area contributed by atoms with Gasteiger partial charge in [-0.15, -0.1) is 0 Å². The van der Waals surface area contributed by atoms with Crippen molar-refractivity contribution in [2.75, 3.05) is 6.54 Å². The fraction of sp³-hybridized carbons (Fsp3) is 0.571. The Morgan fingerprint density at radius 1 is 1.43 bits per heavy atom. The molecule has 116 valence electrons. The van der Waals surface area contributed by atoms with Crippen LogP contribution in [0.3, 0.4) is 0 Å². The van der Waals surface area contributed by atoms with E-state index >= 15 is 0 Å². The van der Waals surface area contributed by atoms with Crippen molar-refractivity contribution in [3.63, 3.8) is 0 Å². The number of halogens is 3. The number of carbonyl (C=O) groups is 1. The van der Waals surface area contributed by atoms with E-state index in [-0.39, 0.29) is 5.56 Å². The van der Waals surface area contributed by atoms with Crippen LogP contribution in [0.4, 0.5) is 13.2 Å². The van der Waals surface area contributed by atoms with E-state index in [2.05, 4.69) is 10.3 Å². The normalized spacial score (nSPS) is 18.2. The van der Waals surface area contributed by atoms with E-state index in [1.807, 2.05) is 0 Å². The van der Waals surface area contributed by atoms with Crippen LogP contribution >= 0.6 is 0 Å². The highest BCUT2D eigenvalue weighted by atomic mass is 19.4. The fourth-order valence-corrected chi connectivity index (χ4v) is 1.87. The Kier molecular flexibility index (Phi) is 3.97. The first-order valence-corrected chi connectivity index (χ1v) is 6.66. The quantitative estimate of drug-likeness (QED) is 0.897. The molecule has 1 heterocycles. The summed E-state index contributed by atoms with van der Waals surface area (Å²) in [4.78, 5) is 16.2. The summed E-state index contributed by atoms with van der Waals surface area (Å²) in [5, 5.41) is 11.4. The van der Waals surface area contributed by atoms with Gasteiger partial charge in [-0.3, -0.25) is 9.78 Å². The third-order valence-corrected chi connectivity index (χ3v) is 3.55. The number of aromatic nitrogens is 1. The van der Waals surface area contributed by atoms with Crippen molar-refractivity contribution >= 4 is 5.91 Å². The summed E-state index contributed by atoms with van der Waals surface area (Å²) in [5.74, 6) is -0.237. The molecule has 2 N–H and O–H groups in total. The number of nitrogens with zero attached hydrogens (tertiary/aromatic N) is 1. The lowest BCUT2D eigenvalue weighted by Crippen LogP contribution is -2.51. The number of alkyl halides is 3. The molecule has 0 saturated heterocycles. The molecule has 1 atom stereocenters. The summed E-state index contributed by atoms with van der Waals surface area (Å²) in [6.07, 6.45) is -2.65. The molecular formula is C14H17F3N2O2. The molecule has 1 fully saturated rings. The number of aliphatic hydroxyl groups is 1. The lowest BCUT2D eigenvalue weighted by atomic mass is 10.1. The molecular weight excluding hydrogens is 285 g/mol. The van der Waals surface area contributed by atoms with Gasteiger partial charge in [0, 0.05) is 11.6 Å². The second kappa shape index (κ2) is 5.29. The van der Waals surface area contributed by atoms with Crippen LogP contribution in [0.25, 0.3) is 0 Å². The number of hydrogen-bond donors (Lipinski definition) is 2. The van der Waals surface area contributed by atoms with Crippen LogP contribution in [-0.2, 0) is 0 Å². The van der Waals surface area contributed by atoms with Crippen LogP contribution in [0.5, 0.6) is 0 Å². The second-order valence-corrected chi connectivity index (χ2v) is 5.60. The van der Waals surface area contributed by atoms with E-state index in [0.717, 1.165) is 18.5 Å². The van der Waals surface area contributed by atoms with Gasteiger partial charge in [0.1, 0.15) is 0 Å². The number of pyridine rings is 1. The van der Waals surface area contributed by atoms with Crippen molar-refractivity contribution in [2.24, 2.45) is 0 Å². The summed E-state index contributed by atoms with van der Waals surface area (Å²) >= 11 is 0. The highest BCUT2D eigenvalue weighted by Crippen LogP contribution is 2.39. The molecule has 0 spiro atoms. The van der Waals surface area contributed by atoms with Crippen LogP contribution in [0.15, 0.2) is 12.1 Å². The maximum atomic E-state index is 12.5. The summed E-state index contributed by atoms with van der Waals surface area (Å²) in [6, 6.07) is 3.29. The lowest BCUT2D eigenvalue weighted by molar-refractivity contribution is -0.249. The Morgan fingerprint density at radius 3 is 2.52 bits per heavy atom. The third-order valence-electron chi connectivity index (χ3n) is 3.55. The molecule has 1 aromatic rings. The Hall–Kier alpha value is -1.63. The molecule has 0 radical (unpaired) electrons. The van der Waals surface area contributed by atoms with E-state index in [1.54, 1.807) is 19.1 Å². The molecule has 1 saturated carbocycles. The van der Waals surface area contributed by atoms with Gasteiger partial charge in [0.25, 0.3) is 5.91 Å². The molecule has 21 heavy (non-hydrogen) atoms. The maximum Gasteiger partial charge on any atom is 0.418 e. The minimum atomic E-state index is -4.80. The molecule has 7 heteroatoms. The van der Waals surface area contributed by atoms with Gasteiger partial charge in [0.2, 0.25) is 0 Å². The van der Waals surface area contributed by atoms with Crippen LogP contribution in [0, 0.1) is 6.92 Å². The Morgan fingerprint density at radius 2 is 2.05 bits per heavy atom. The molecule has 2 rings (SSSR count). The van der Waals surface area contributed by atoms with E-state index in [1.165, 1.54) is 0 Å². The molecule has 1 aromatic heterocycles. The molecule has 1 aliphatic carbocycles. The summed E-state index contributed by atoms with van der Waals surface area (Å²) in [7, 11) is 0. The SMILES string of the molecule is Cc1nc(C2CC2)ccc1C(=O)NC[C@@](C)(O)C(F)(F)F. The zero-order valence-electron chi connectivity index (χ0n) is 11.8. The molecule has 4 nitrogen and oxygen atoms in total. The first kappa shape index (κ1) is 15.8. The standard InChI is InChI=1S/C14H17F3N2O2/c1-8-10(5-6-11(19-8)9-3-4-9)12(20)18-7-13(2,21)14(15,16)17/h5-6,9,21H,3-4,7H2,1-2H3,(H,18,20)/t13-/m1/s1. The summed E-state index contributed by atoms with van der Waals surface area (Å²) in [6.45, 7) is 1.36. The minimum absolute atomic E-state index is 0.220. The zero-order valence-corrected chi connectivity index (χ0v) is 11.8. The smallest absolute Gasteiger partial charge is 0.379 e. The summed E-state index contributed by atoms with van der Waals surface area (Å²) in [5.41, 5.74) is -1.36. The molecule has 0 bridgehead atoms.